The van der Waals surface area contributed by atoms with Crippen molar-refractivity contribution in [1.82, 2.24) is 5.32 Å². The highest BCUT2D eigenvalue weighted by Crippen LogP contribution is 2.45. The van der Waals surface area contributed by atoms with Crippen LogP contribution in [0.5, 0.6) is 0 Å². The smallest absolute Gasteiger partial charge is 0.248 e. The van der Waals surface area contributed by atoms with E-state index in [0.717, 1.165) is 5.71 Å². The van der Waals surface area contributed by atoms with Crippen LogP contribution in [0.4, 0.5) is 8.78 Å². The van der Waals surface area contributed by atoms with Crippen LogP contribution in [0.15, 0.2) is 17.3 Å². The van der Waals surface area contributed by atoms with E-state index < -0.39 is 5.92 Å². The molecule has 2 saturated carbocycles. The standard InChI is InChI=1S/C15H23F2N3/c1-19-15(11-2-3-11)8-9-20-12(13(15)18)10-4-6-14(16,17)7-5-10/h8-11,13,19H,2-7,18H2,1H3. The van der Waals surface area contributed by atoms with Crippen molar-refractivity contribution < 1.29 is 8.78 Å². The Morgan fingerprint density at radius 1 is 1.25 bits per heavy atom. The zero-order chi connectivity index (χ0) is 14.4. The quantitative estimate of drug-likeness (QED) is 0.836. The van der Waals surface area contributed by atoms with Gasteiger partial charge in [0.1, 0.15) is 0 Å². The number of nitrogens with zero attached hydrogens (tertiary/aromatic N) is 1. The van der Waals surface area contributed by atoms with Crippen molar-refractivity contribution in [2.75, 3.05) is 7.05 Å². The van der Waals surface area contributed by atoms with Crippen LogP contribution < -0.4 is 11.1 Å². The lowest BCUT2D eigenvalue weighted by Crippen LogP contribution is -2.63. The first kappa shape index (κ1) is 14.1. The van der Waals surface area contributed by atoms with Crippen LogP contribution in [0, 0.1) is 11.8 Å². The predicted octanol–water partition coefficient (Wildman–Crippen LogP) is 2.48. The van der Waals surface area contributed by atoms with E-state index in [-0.39, 0.29) is 30.3 Å². The number of nitrogens with one attached hydrogen (secondary N) is 1. The fourth-order valence-electron chi connectivity index (χ4n) is 3.76. The minimum absolute atomic E-state index is 0.0386. The Balaban J connectivity index is 1.77. The molecule has 0 amide bonds. The van der Waals surface area contributed by atoms with Crippen LogP contribution in [0.1, 0.15) is 38.5 Å². The maximum Gasteiger partial charge on any atom is 0.248 e. The first-order valence-electron chi connectivity index (χ1n) is 7.56. The normalized spacial score (nSPS) is 37.8. The van der Waals surface area contributed by atoms with Gasteiger partial charge >= 0.3 is 0 Å². The van der Waals surface area contributed by atoms with Crippen LogP contribution in [-0.4, -0.2) is 30.3 Å². The van der Waals surface area contributed by atoms with Crippen molar-refractivity contribution in [3.8, 4) is 0 Å². The molecule has 3 aliphatic rings. The molecule has 0 aromatic heterocycles. The van der Waals surface area contributed by atoms with Gasteiger partial charge in [0.2, 0.25) is 5.92 Å². The van der Waals surface area contributed by atoms with Crippen molar-refractivity contribution in [3.63, 3.8) is 0 Å². The lowest BCUT2D eigenvalue weighted by atomic mass is 9.73. The van der Waals surface area contributed by atoms with Gasteiger partial charge in [0, 0.05) is 24.8 Å². The fourth-order valence-corrected chi connectivity index (χ4v) is 3.76. The third-order valence-corrected chi connectivity index (χ3v) is 5.23. The molecule has 0 spiro atoms. The Morgan fingerprint density at radius 2 is 1.90 bits per heavy atom. The molecule has 0 aromatic carbocycles. The molecule has 2 unspecified atom stereocenters. The monoisotopic (exact) mass is 283 g/mol. The van der Waals surface area contributed by atoms with Crippen molar-refractivity contribution in [2.45, 2.75) is 56.0 Å². The zero-order valence-corrected chi connectivity index (χ0v) is 11.9. The Bertz CT molecular complexity index is 432. The maximum atomic E-state index is 13.3. The lowest BCUT2D eigenvalue weighted by Gasteiger charge is -2.42. The minimum Gasteiger partial charge on any atom is -0.321 e. The van der Waals surface area contributed by atoms with E-state index in [1.54, 1.807) is 0 Å². The van der Waals surface area contributed by atoms with Crippen LogP contribution in [-0.2, 0) is 0 Å². The molecule has 0 saturated heterocycles. The number of halogens is 2. The molecule has 0 radical (unpaired) electrons. The van der Waals surface area contributed by atoms with Crippen LogP contribution in [0.3, 0.4) is 0 Å². The highest BCUT2D eigenvalue weighted by molar-refractivity contribution is 5.94. The summed E-state index contributed by atoms with van der Waals surface area (Å²) in [6.07, 6.45) is 7.15. The van der Waals surface area contributed by atoms with Crippen molar-refractivity contribution in [2.24, 2.45) is 22.6 Å². The van der Waals surface area contributed by atoms with Gasteiger partial charge in [-0.3, -0.25) is 4.99 Å². The fraction of sp³-hybridized carbons (Fsp3) is 0.800. The molecule has 0 aromatic rings. The van der Waals surface area contributed by atoms with Crippen LogP contribution >= 0.6 is 0 Å². The van der Waals surface area contributed by atoms with Crippen molar-refractivity contribution in [3.05, 3.63) is 12.3 Å². The van der Waals surface area contributed by atoms with Gasteiger partial charge in [0.15, 0.2) is 0 Å². The highest BCUT2D eigenvalue weighted by Gasteiger charge is 2.50. The largest absolute Gasteiger partial charge is 0.321 e. The van der Waals surface area contributed by atoms with E-state index in [0.29, 0.717) is 18.8 Å². The Morgan fingerprint density at radius 3 is 2.45 bits per heavy atom. The summed E-state index contributed by atoms with van der Waals surface area (Å²) in [4.78, 5) is 4.46. The maximum absolute atomic E-state index is 13.3. The number of aliphatic imine (C=N–C) groups is 1. The topological polar surface area (TPSA) is 50.4 Å². The Kier molecular flexibility index (Phi) is 3.45. The van der Waals surface area contributed by atoms with E-state index in [1.165, 1.54) is 12.8 Å². The van der Waals surface area contributed by atoms with Gasteiger partial charge in [-0.25, -0.2) is 8.78 Å². The number of hydrogen-bond acceptors (Lipinski definition) is 3. The summed E-state index contributed by atoms with van der Waals surface area (Å²) in [5, 5.41) is 3.37. The SMILES string of the molecule is CNC1(C2CC2)C=CN=C(C2CCC(F)(F)CC2)C1N. The second-order valence-electron chi connectivity index (χ2n) is 6.43. The average Bonchev–Trinajstić information content (AvgIpc) is 3.25. The van der Waals surface area contributed by atoms with Gasteiger partial charge in [0.25, 0.3) is 0 Å². The Labute approximate surface area is 118 Å². The van der Waals surface area contributed by atoms with E-state index in [9.17, 15) is 8.78 Å². The van der Waals surface area contributed by atoms with Gasteiger partial charge in [-0.05, 0) is 50.6 Å². The van der Waals surface area contributed by atoms with E-state index >= 15 is 0 Å². The third kappa shape index (κ3) is 2.31. The molecule has 1 heterocycles. The summed E-state index contributed by atoms with van der Waals surface area (Å²) >= 11 is 0. The molecule has 1 aliphatic heterocycles. The summed E-state index contributed by atoms with van der Waals surface area (Å²) in [7, 11) is 1.93. The van der Waals surface area contributed by atoms with Gasteiger partial charge in [0.05, 0.1) is 11.6 Å². The first-order valence-corrected chi connectivity index (χ1v) is 7.56. The molecule has 2 atom stereocenters. The number of rotatable bonds is 3. The molecular formula is C15H23F2N3. The van der Waals surface area contributed by atoms with Crippen LogP contribution in [0.25, 0.3) is 0 Å². The molecular weight excluding hydrogens is 260 g/mol. The molecule has 3 rings (SSSR count). The summed E-state index contributed by atoms with van der Waals surface area (Å²) in [6, 6.07) is -0.193. The molecule has 3 N–H and O–H groups in total. The summed E-state index contributed by atoms with van der Waals surface area (Å²) in [6.45, 7) is 0. The minimum atomic E-state index is -2.50. The average molecular weight is 283 g/mol. The van der Waals surface area contributed by atoms with Gasteiger partial charge < -0.3 is 11.1 Å². The number of alkyl halides is 2. The summed E-state index contributed by atoms with van der Waals surface area (Å²) in [5.41, 5.74) is 7.17. The van der Waals surface area contributed by atoms with Gasteiger partial charge in [-0.1, -0.05) is 0 Å². The highest BCUT2D eigenvalue weighted by atomic mass is 19.3. The van der Waals surface area contributed by atoms with E-state index in [2.05, 4.69) is 16.4 Å². The third-order valence-electron chi connectivity index (χ3n) is 5.23. The van der Waals surface area contributed by atoms with Gasteiger partial charge in [-0.2, -0.15) is 0 Å². The zero-order valence-electron chi connectivity index (χ0n) is 11.9. The lowest BCUT2D eigenvalue weighted by molar-refractivity contribution is -0.0397. The van der Waals surface area contributed by atoms with Crippen molar-refractivity contribution >= 4 is 5.71 Å². The molecule has 2 aliphatic carbocycles. The summed E-state index contributed by atoms with van der Waals surface area (Å²) < 4.78 is 26.6. The number of hydrogen-bond donors (Lipinski definition) is 2. The second-order valence-corrected chi connectivity index (χ2v) is 6.43. The Hall–Kier alpha value is -0.810. The van der Waals surface area contributed by atoms with E-state index in [4.69, 9.17) is 5.73 Å². The molecule has 112 valence electrons. The second kappa shape index (κ2) is 4.88. The first-order chi connectivity index (χ1) is 9.48. The molecule has 20 heavy (non-hydrogen) atoms. The van der Waals surface area contributed by atoms with E-state index in [1.807, 2.05) is 13.2 Å². The molecule has 5 heteroatoms. The number of nitrogens with two attached hydrogens (primary N) is 1. The molecule has 0 bridgehead atoms. The summed E-state index contributed by atoms with van der Waals surface area (Å²) in [5.74, 6) is -1.84. The molecule has 3 nitrogen and oxygen atoms in total. The molecule has 2 fully saturated rings. The van der Waals surface area contributed by atoms with Gasteiger partial charge in [-0.15, -0.1) is 0 Å². The van der Waals surface area contributed by atoms with Crippen LogP contribution in [0.2, 0.25) is 0 Å². The number of likely N-dealkylation sites (N-methyl/N-ethyl adjacent to an activating group) is 1. The predicted molar refractivity (Wildman–Crippen MR) is 76.0 cm³/mol. The van der Waals surface area contributed by atoms with Crippen molar-refractivity contribution in [1.29, 1.82) is 0 Å².